The first kappa shape index (κ1) is 22.3. The van der Waals surface area contributed by atoms with Crippen molar-refractivity contribution in [3.63, 3.8) is 0 Å². The number of ether oxygens (including phenoxy) is 1. The van der Waals surface area contributed by atoms with Crippen LogP contribution in [-0.2, 0) is 19.6 Å². The third kappa shape index (κ3) is 5.82. The molecule has 0 fully saturated rings. The van der Waals surface area contributed by atoms with Gasteiger partial charge in [0.25, 0.3) is 15.9 Å². The second-order valence-corrected chi connectivity index (χ2v) is 9.50. The molecule has 1 aliphatic rings. The summed E-state index contributed by atoms with van der Waals surface area (Å²) in [6.07, 6.45) is -0.639. The van der Waals surface area contributed by atoms with Crippen molar-refractivity contribution in [1.29, 1.82) is 0 Å². The van der Waals surface area contributed by atoms with E-state index in [1.165, 1.54) is 12.1 Å². The van der Waals surface area contributed by atoms with Crippen LogP contribution in [0.15, 0.2) is 64.5 Å². The molecule has 3 rings (SSSR count). The minimum absolute atomic E-state index is 0.000282. The molecule has 31 heavy (non-hydrogen) atoms. The fraction of sp³-hybridized carbons (Fsp3) is 0.286. The molecule has 164 valence electrons. The summed E-state index contributed by atoms with van der Waals surface area (Å²) in [6.45, 7) is 5.23. The lowest BCUT2D eigenvalue weighted by molar-refractivity contribution is -0.115. The van der Waals surface area contributed by atoms with Crippen molar-refractivity contribution < 1.29 is 22.7 Å². The van der Waals surface area contributed by atoms with Gasteiger partial charge in [-0.2, -0.15) is 0 Å². The molecule has 0 saturated carbocycles. The van der Waals surface area contributed by atoms with Crippen LogP contribution in [0.5, 0.6) is 0 Å². The second-order valence-electron chi connectivity index (χ2n) is 7.85. The van der Waals surface area contributed by atoms with Crippen LogP contribution < -0.4 is 15.4 Å². The summed E-state index contributed by atoms with van der Waals surface area (Å²) in [7, 11) is -3.90. The van der Waals surface area contributed by atoms with Crippen LogP contribution in [-0.4, -0.2) is 38.4 Å². The van der Waals surface area contributed by atoms with Gasteiger partial charge in [0.2, 0.25) is 5.84 Å². The van der Waals surface area contributed by atoms with Gasteiger partial charge in [-0.15, -0.1) is 0 Å². The van der Waals surface area contributed by atoms with Crippen molar-refractivity contribution in [3.8, 4) is 0 Å². The van der Waals surface area contributed by atoms with Gasteiger partial charge in [-0.25, -0.2) is 18.2 Å². The molecule has 1 atom stereocenters. The molecule has 2 aromatic carbocycles. The zero-order valence-corrected chi connectivity index (χ0v) is 18.2. The van der Waals surface area contributed by atoms with E-state index < -0.39 is 33.7 Å². The number of nitrogens with zero attached hydrogens (tertiary/aromatic N) is 1. The largest absolute Gasteiger partial charge is 0.444 e. The first-order valence-electron chi connectivity index (χ1n) is 9.58. The summed E-state index contributed by atoms with van der Waals surface area (Å²) in [5.41, 5.74) is 0.236. The number of para-hydroxylation sites is 1. The lowest BCUT2D eigenvalue weighted by Gasteiger charge is -2.24. The number of sulfonamides is 1. The Bertz CT molecular complexity index is 1110. The molecule has 2 amide bonds. The second kappa shape index (κ2) is 8.76. The Morgan fingerprint density at radius 2 is 1.71 bits per heavy atom. The number of carbonyl (C=O) groups excluding carboxylic acids is 2. The maximum atomic E-state index is 12.6. The summed E-state index contributed by atoms with van der Waals surface area (Å²) in [5.74, 6) is -1.06. The zero-order chi connectivity index (χ0) is 22.6. The van der Waals surface area contributed by atoms with Crippen molar-refractivity contribution >= 4 is 33.5 Å². The molecule has 2 aromatic rings. The smallest absolute Gasteiger partial charge is 0.408 e. The van der Waals surface area contributed by atoms with Gasteiger partial charge >= 0.3 is 6.09 Å². The number of amides is 2. The fourth-order valence-electron chi connectivity index (χ4n) is 2.87. The van der Waals surface area contributed by atoms with Gasteiger partial charge in [-0.05, 0) is 38.5 Å². The number of rotatable bonds is 5. The van der Waals surface area contributed by atoms with Crippen molar-refractivity contribution in [1.82, 2.24) is 15.4 Å². The Labute approximate surface area is 181 Å². The monoisotopic (exact) mass is 444 g/mol. The van der Waals surface area contributed by atoms with E-state index in [1.54, 1.807) is 57.2 Å². The average Bonchev–Trinajstić information content (AvgIpc) is 2.69. The summed E-state index contributed by atoms with van der Waals surface area (Å²) in [6, 6.07) is 14.6. The minimum atomic E-state index is -3.90. The standard InChI is InChI=1S/C21H24N4O5S/c1-21(2,3)30-20(27)24-16(14-9-5-4-6-10-14)13-22-19(26)18-23-15-11-7-8-12-17(15)31(28,29)25-18/h4-12,16H,13H2,1-3H3,(H,22,26)(H,23,25)(H,24,27). The molecule has 3 N–H and O–H groups in total. The number of fused-ring (bicyclic) bond motifs is 1. The lowest BCUT2D eigenvalue weighted by Crippen LogP contribution is -2.47. The van der Waals surface area contributed by atoms with Crippen LogP contribution in [0.25, 0.3) is 0 Å². The maximum absolute atomic E-state index is 12.6. The van der Waals surface area contributed by atoms with E-state index in [4.69, 9.17) is 4.74 Å². The third-order valence-corrected chi connectivity index (χ3v) is 5.58. The van der Waals surface area contributed by atoms with Crippen molar-refractivity contribution in [2.45, 2.75) is 37.3 Å². The molecule has 9 nitrogen and oxygen atoms in total. The number of alkyl carbamates (subject to hydrolysis) is 1. The molecule has 0 saturated heterocycles. The van der Waals surface area contributed by atoms with Crippen LogP contribution >= 0.6 is 0 Å². The highest BCUT2D eigenvalue weighted by molar-refractivity contribution is 7.90. The van der Waals surface area contributed by atoms with Gasteiger partial charge in [-0.1, -0.05) is 42.5 Å². The highest BCUT2D eigenvalue weighted by Crippen LogP contribution is 2.26. The van der Waals surface area contributed by atoms with Crippen LogP contribution in [0.1, 0.15) is 32.4 Å². The predicted octanol–water partition coefficient (Wildman–Crippen LogP) is 2.39. The van der Waals surface area contributed by atoms with Crippen LogP contribution in [0.3, 0.4) is 0 Å². The van der Waals surface area contributed by atoms with Crippen molar-refractivity contribution in [3.05, 3.63) is 60.2 Å². The quantitative estimate of drug-likeness (QED) is 0.653. The Balaban J connectivity index is 1.75. The average molecular weight is 445 g/mol. The first-order valence-corrected chi connectivity index (χ1v) is 11.1. The van der Waals surface area contributed by atoms with Crippen molar-refractivity contribution in [2.75, 3.05) is 6.54 Å². The number of carbonyl (C=O) groups is 2. The highest BCUT2D eigenvalue weighted by Gasteiger charge is 2.29. The van der Waals surface area contributed by atoms with E-state index in [0.29, 0.717) is 0 Å². The van der Waals surface area contributed by atoms with E-state index in [1.807, 2.05) is 6.07 Å². The zero-order valence-electron chi connectivity index (χ0n) is 17.4. The van der Waals surface area contributed by atoms with Gasteiger partial charge in [0.1, 0.15) is 10.5 Å². The Hall–Kier alpha value is -3.40. The fourth-order valence-corrected chi connectivity index (χ4v) is 4.01. The molecule has 0 radical (unpaired) electrons. The van der Waals surface area contributed by atoms with E-state index >= 15 is 0 Å². The van der Waals surface area contributed by atoms with Gasteiger partial charge in [0.15, 0.2) is 0 Å². The summed E-state index contributed by atoms with van der Waals surface area (Å²) < 4.78 is 32.2. The number of hydrogen-bond acceptors (Lipinski definition) is 6. The molecule has 0 bridgehead atoms. The lowest BCUT2D eigenvalue weighted by atomic mass is 10.1. The maximum Gasteiger partial charge on any atom is 0.408 e. The van der Waals surface area contributed by atoms with E-state index in [0.717, 1.165) is 5.56 Å². The van der Waals surface area contributed by atoms with Gasteiger partial charge in [0, 0.05) is 6.54 Å². The Morgan fingerprint density at radius 1 is 1.06 bits per heavy atom. The number of hydrogen-bond donors (Lipinski definition) is 3. The summed E-state index contributed by atoms with van der Waals surface area (Å²) in [4.78, 5) is 29.0. The number of benzene rings is 2. The molecule has 0 aromatic heterocycles. The van der Waals surface area contributed by atoms with Crippen LogP contribution in [0.4, 0.5) is 10.5 Å². The summed E-state index contributed by atoms with van der Waals surface area (Å²) in [5, 5.41) is 5.35. The van der Waals surface area contributed by atoms with Gasteiger partial charge < -0.3 is 15.4 Å². The normalized spacial score (nSPS) is 15.5. The van der Waals surface area contributed by atoms with Gasteiger partial charge in [-0.3, -0.25) is 9.52 Å². The number of aliphatic imine (C=N–C) groups is 1. The minimum Gasteiger partial charge on any atom is -0.444 e. The molecule has 1 heterocycles. The topological polar surface area (TPSA) is 126 Å². The molecular formula is C21H24N4O5S. The summed E-state index contributed by atoms with van der Waals surface area (Å²) >= 11 is 0. The van der Waals surface area contributed by atoms with Crippen LogP contribution in [0.2, 0.25) is 0 Å². The van der Waals surface area contributed by atoms with E-state index in [-0.39, 0.29) is 23.0 Å². The number of amidine groups is 1. The highest BCUT2D eigenvalue weighted by atomic mass is 32.2. The predicted molar refractivity (Wildman–Crippen MR) is 115 cm³/mol. The van der Waals surface area contributed by atoms with Crippen molar-refractivity contribution in [2.24, 2.45) is 4.99 Å². The third-order valence-electron chi connectivity index (χ3n) is 4.19. The van der Waals surface area contributed by atoms with Gasteiger partial charge in [0.05, 0.1) is 11.7 Å². The molecule has 0 spiro atoms. The van der Waals surface area contributed by atoms with E-state index in [2.05, 4.69) is 20.3 Å². The van der Waals surface area contributed by atoms with Crippen LogP contribution in [0, 0.1) is 0 Å². The van der Waals surface area contributed by atoms with E-state index in [9.17, 15) is 18.0 Å². The number of nitrogens with one attached hydrogen (secondary N) is 3. The Kier molecular flexibility index (Phi) is 6.30. The SMILES string of the molecule is CC(C)(C)OC(=O)NC(CNC(=O)C1=Nc2ccccc2S(=O)(=O)N1)c1ccccc1. The first-order chi connectivity index (χ1) is 14.5. The molecule has 1 aliphatic heterocycles. The molecule has 1 unspecified atom stereocenters. The molecular weight excluding hydrogens is 420 g/mol. The molecule has 0 aliphatic carbocycles. The Morgan fingerprint density at radius 3 is 2.39 bits per heavy atom. The molecule has 10 heteroatoms.